The van der Waals surface area contributed by atoms with E-state index in [-0.39, 0.29) is 15.7 Å². The summed E-state index contributed by atoms with van der Waals surface area (Å²) in [6.07, 6.45) is -4.65. The molecular weight excluding hydrogens is 309 g/mol. The van der Waals surface area contributed by atoms with Crippen LogP contribution in [0.2, 0.25) is 0 Å². The summed E-state index contributed by atoms with van der Waals surface area (Å²) in [6.45, 7) is 1.66. The van der Waals surface area contributed by atoms with E-state index in [9.17, 15) is 18.0 Å². The van der Waals surface area contributed by atoms with Gasteiger partial charge in [0.15, 0.2) is 5.16 Å². The second kappa shape index (κ2) is 5.35. The molecule has 1 N–H and O–H groups in total. The summed E-state index contributed by atoms with van der Waals surface area (Å²) in [5.74, 6) is -0.820. The first-order valence-corrected chi connectivity index (χ1v) is 6.37. The highest BCUT2D eigenvalue weighted by atomic mass is 32.2. The molecule has 112 valence electrons. The molecule has 0 radical (unpaired) electrons. The Hall–Kier alpha value is -2.10. The van der Waals surface area contributed by atoms with Gasteiger partial charge in [0.05, 0.1) is 5.56 Å². The molecule has 0 unspecified atom stereocenters. The molecule has 21 heavy (non-hydrogen) atoms. The third-order valence-electron chi connectivity index (χ3n) is 2.62. The van der Waals surface area contributed by atoms with E-state index in [1.165, 1.54) is 4.57 Å². The topological polar surface area (TPSA) is 80.9 Å². The maximum absolute atomic E-state index is 12.7. The first-order valence-electron chi connectivity index (χ1n) is 5.55. The lowest BCUT2D eigenvalue weighted by Gasteiger charge is -2.09. The Morgan fingerprint density at radius 2 is 2.00 bits per heavy atom. The Labute approximate surface area is 121 Å². The van der Waals surface area contributed by atoms with Crippen LogP contribution in [0, 0.1) is 6.92 Å². The molecule has 6 nitrogen and oxygen atoms in total. The average molecular weight is 318 g/mol. The van der Waals surface area contributed by atoms with E-state index in [1.54, 1.807) is 14.0 Å². The summed E-state index contributed by atoms with van der Waals surface area (Å²) in [7, 11) is 1.62. The van der Waals surface area contributed by atoms with Crippen molar-refractivity contribution in [3.8, 4) is 0 Å². The summed E-state index contributed by atoms with van der Waals surface area (Å²) in [6, 6.07) is 1.51. The largest absolute Gasteiger partial charge is 0.478 e. The molecule has 0 aliphatic carbocycles. The summed E-state index contributed by atoms with van der Waals surface area (Å²) in [4.78, 5) is 14.5. The van der Waals surface area contributed by atoms with Crippen molar-refractivity contribution >= 4 is 17.7 Å². The number of aromatic nitrogens is 4. The fraction of sp³-hybridized carbons (Fsp3) is 0.273. The summed E-state index contributed by atoms with van der Waals surface area (Å²) in [5, 5.41) is 16.5. The van der Waals surface area contributed by atoms with Crippen molar-refractivity contribution in [1.29, 1.82) is 0 Å². The Bertz CT molecular complexity index is 699. The van der Waals surface area contributed by atoms with E-state index in [0.29, 0.717) is 11.9 Å². The minimum Gasteiger partial charge on any atom is -0.478 e. The molecule has 2 aromatic heterocycles. The molecule has 0 aliphatic heterocycles. The van der Waals surface area contributed by atoms with Crippen molar-refractivity contribution in [3.05, 3.63) is 29.2 Å². The lowest BCUT2D eigenvalue weighted by molar-refractivity contribution is -0.141. The lowest BCUT2D eigenvalue weighted by atomic mass is 10.2. The number of carboxylic acids is 1. The van der Waals surface area contributed by atoms with Gasteiger partial charge in [-0.05, 0) is 30.8 Å². The number of aromatic carboxylic acids is 1. The van der Waals surface area contributed by atoms with Gasteiger partial charge in [0, 0.05) is 7.05 Å². The molecular formula is C11H9F3N4O2S. The fourth-order valence-electron chi connectivity index (χ4n) is 1.40. The van der Waals surface area contributed by atoms with E-state index in [0.717, 1.165) is 17.8 Å². The van der Waals surface area contributed by atoms with E-state index in [2.05, 4.69) is 15.2 Å². The number of carbonyl (C=O) groups is 1. The maximum Gasteiger partial charge on any atom is 0.433 e. The van der Waals surface area contributed by atoms with Crippen LogP contribution >= 0.6 is 11.8 Å². The predicted molar refractivity (Wildman–Crippen MR) is 66.1 cm³/mol. The molecule has 0 bridgehead atoms. The summed E-state index contributed by atoms with van der Waals surface area (Å²) >= 11 is 0.718. The fourth-order valence-corrected chi connectivity index (χ4v) is 2.33. The monoisotopic (exact) mass is 318 g/mol. The van der Waals surface area contributed by atoms with Crippen LogP contribution in [0.15, 0.2) is 22.3 Å². The Morgan fingerprint density at radius 3 is 2.48 bits per heavy atom. The van der Waals surface area contributed by atoms with E-state index < -0.39 is 17.8 Å². The van der Waals surface area contributed by atoms with Crippen LogP contribution in [-0.4, -0.2) is 30.8 Å². The van der Waals surface area contributed by atoms with Crippen LogP contribution in [0.3, 0.4) is 0 Å². The third-order valence-corrected chi connectivity index (χ3v) is 3.66. The number of rotatable bonds is 3. The van der Waals surface area contributed by atoms with Crippen molar-refractivity contribution in [3.63, 3.8) is 0 Å². The predicted octanol–water partition coefficient (Wildman–Crippen LogP) is 2.39. The second-order valence-electron chi connectivity index (χ2n) is 4.04. The molecule has 2 rings (SSSR count). The highest BCUT2D eigenvalue weighted by Gasteiger charge is 2.33. The molecule has 0 saturated carbocycles. The first-order chi connectivity index (χ1) is 9.70. The molecule has 0 fully saturated rings. The number of carboxylic acid groups (broad SMARTS) is 1. The molecule has 0 aromatic carbocycles. The number of nitrogens with zero attached hydrogens (tertiary/aromatic N) is 4. The van der Waals surface area contributed by atoms with Crippen LogP contribution < -0.4 is 0 Å². The molecule has 0 aliphatic rings. The summed E-state index contributed by atoms with van der Waals surface area (Å²) < 4.78 is 39.5. The quantitative estimate of drug-likeness (QED) is 0.936. The molecule has 0 saturated heterocycles. The average Bonchev–Trinajstić information content (AvgIpc) is 2.69. The number of hydrogen-bond donors (Lipinski definition) is 1. The lowest BCUT2D eigenvalue weighted by Crippen LogP contribution is -2.11. The van der Waals surface area contributed by atoms with Gasteiger partial charge in [0.2, 0.25) is 0 Å². The smallest absolute Gasteiger partial charge is 0.433 e. The molecule has 0 amide bonds. The SMILES string of the molecule is Cc1nnc(Sc2nc(C(F)(F)F)ccc2C(=O)O)n1C. The molecule has 0 spiro atoms. The van der Waals surface area contributed by atoms with E-state index in [1.807, 2.05) is 0 Å². The van der Waals surface area contributed by atoms with Crippen molar-refractivity contribution in [2.45, 2.75) is 23.3 Å². The van der Waals surface area contributed by atoms with Crippen molar-refractivity contribution < 1.29 is 23.1 Å². The Balaban J connectivity index is 2.49. The molecule has 10 heteroatoms. The number of hydrogen-bond acceptors (Lipinski definition) is 5. The van der Waals surface area contributed by atoms with Crippen molar-refractivity contribution in [1.82, 2.24) is 19.7 Å². The van der Waals surface area contributed by atoms with Gasteiger partial charge in [-0.3, -0.25) is 0 Å². The highest BCUT2D eigenvalue weighted by Crippen LogP contribution is 2.33. The van der Waals surface area contributed by atoms with Crippen LogP contribution in [0.5, 0.6) is 0 Å². The first kappa shape index (κ1) is 15.3. The molecule has 2 heterocycles. The second-order valence-corrected chi connectivity index (χ2v) is 5.00. The zero-order valence-corrected chi connectivity index (χ0v) is 11.7. The maximum atomic E-state index is 12.7. The zero-order chi connectivity index (χ0) is 15.8. The number of aryl methyl sites for hydroxylation is 1. The summed E-state index contributed by atoms with van der Waals surface area (Å²) in [5.41, 5.74) is -1.48. The van der Waals surface area contributed by atoms with Gasteiger partial charge in [-0.1, -0.05) is 0 Å². The molecule has 0 atom stereocenters. The normalized spacial score (nSPS) is 11.7. The van der Waals surface area contributed by atoms with Gasteiger partial charge in [-0.15, -0.1) is 10.2 Å². The Kier molecular flexibility index (Phi) is 3.90. The minimum absolute atomic E-state index is 0.252. The van der Waals surface area contributed by atoms with Crippen LogP contribution in [0.1, 0.15) is 21.9 Å². The standard InChI is InChI=1S/C11H9F3N4O2S/c1-5-16-17-10(18(5)2)21-8-6(9(19)20)3-4-7(15-8)11(12,13)14/h3-4H,1-2H3,(H,19,20). The minimum atomic E-state index is -4.65. The number of pyridine rings is 1. The van der Waals surface area contributed by atoms with Gasteiger partial charge in [-0.2, -0.15) is 13.2 Å². The van der Waals surface area contributed by atoms with Crippen LogP contribution in [0.4, 0.5) is 13.2 Å². The third kappa shape index (κ3) is 3.15. The van der Waals surface area contributed by atoms with Gasteiger partial charge in [-0.25, -0.2) is 9.78 Å². The Morgan fingerprint density at radius 1 is 1.33 bits per heavy atom. The van der Waals surface area contributed by atoms with Gasteiger partial charge in [0.1, 0.15) is 16.5 Å². The number of alkyl halides is 3. The van der Waals surface area contributed by atoms with Crippen LogP contribution in [0.25, 0.3) is 0 Å². The van der Waals surface area contributed by atoms with Gasteiger partial charge >= 0.3 is 12.1 Å². The number of halogens is 3. The molecule has 2 aromatic rings. The van der Waals surface area contributed by atoms with Crippen molar-refractivity contribution in [2.75, 3.05) is 0 Å². The van der Waals surface area contributed by atoms with E-state index >= 15 is 0 Å². The van der Waals surface area contributed by atoms with Gasteiger partial charge < -0.3 is 9.67 Å². The van der Waals surface area contributed by atoms with Crippen molar-refractivity contribution in [2.24, 2.45) is 7.05 Å². The van der Waals surface area contributed by atoms with Crippen LogP contribution in [-0.2, 0) is 13.2 Å². The van der Waals surface area contributed by atoms with Gasteiger partial charge in [0.25, 0.3) is 0 Å². The highest BCUT2D eigenvalue weighted by molar-refractivity contribution is 7.99. The zero-order valence-electron chi connectivity index (χ0n) is 10.8. The van der Waals surface area contributed by atoms with E-state index in [4.69, 9.17) is 5.11 Å².